The molecule has 0 amide bonds. The van der Waals surface area contributed by atoms with E-state index < -0.39 is 0 Å². The first-order valence-electron chi connectivity index (χ1n) is 9.07. The van der Waals surface area contributed by atoms with Crippen LogP contribution in [0.25, 0.3) is 0 Å². The minimum absolute atomic E-state index is 0.316. The molecule has 21 heavy (non-hydrogen) atoms. The van der Waals surface area contributed by atoms with Gasteiger partial charge in [-0.2, -0.15) is 0 Å². The van der Waals surface area contributed by atoms with E-state index in [0.29, 0.717) is 23.5 Å². The molecule has 0 heterocycles. The maximum absolute atomic E-state index is 12.5. The van der Waals surface area contributed by atoms with Gasteiger partial charge in [0.25, 0.3) is 0 Å². The molecule has 0 N–H and O–H groups in total. The minimum atomic E-state index is 0.316. The molecule has 2 nitrogen and oxygen atoms in total. The van der Waals surface area contributed by atoms with Crippen molar-refractivity contribution in [2.75, 3.05) is 13.7 Å². The van der Waals surface area contributed by atoms with E-state index in [0.717, 1.165) is 31.8 Å². The van der Waals surface area contributed by atoms with E-state index in [-0.39, 0.29) is 0 Å². The van der Waals surface area contributed by atoms with E-state index in [1.807, 2.05) is 0 Å². The second-order valence-corrected chi connectivity index (χ2v) is 7.44. The van der Waals surface area contributed by atoms with Crippen LogP contribution in [0.15, 0.2) is 0 Å². The zero-order chi connectivity index (χ0) is 15.7. The lowest BCUT2D eigenvalue weighted by Gasteiger charge is -2.21. The molecule has 0 radical (unpaired) electrons. The summed E-state index contributed by atoms with van der Waals surface area (Å²) in [7, 11) is 1.76. The third-order valence-electron chi connectivity index (χ3n) is 5.13. The van der Waals surface area contributed by atoms with Gasteiger partial charge in [-0.15, -0.1) is 0 Å². The van der Waals surface area contributed by atoms with Gasteiger partial charge in [-0.1, -0.05) is 46.5 Å². The largest absolute Gasteiger partial charge is 0.385 e. The van der Waals surface area contributed by atoms with Crippen LogP contribution in [-0.2, 0) is 9.53 Å². The molecule has 0 aromatic rings. The first-order valence-corrected chi connectivity index (χ1v) is 9.07. The predicted octanol–water partition coefficient (Wildman–Crippen LogP) is 5.25. The van der Waals surface area contributed by atoms with Crippen molar-refractivity contribution in [2.24, 2.45) is 23.7 Å². The van der Waals surface area contributed by atoms with E-state index >= 15 is 0 Å². The van der Waals surface area contributed by atoms with Gasteiger partial charge < -0.3 is 4.74 Å². The molecule has 0 saturated heterocycles. The fourth-order valence-electron chi connectivity index (χ4n) is 3.85. The van der Waals surface area contributed by atoms with E-state index in [4.69, 9.17) is 4.74 Å². The predicted molar refractivity (Wildman–Crippen MR) is 89.4 cm³/mol. The topological polar surface area (TPSA) is 26.3 Å². The van der Waals surface area contributed by atoms with Crippen molar-refractivity contribution in [3.8, 4) is 0 Å². The lowest BCUT2D eigenvalue weighted by Crippen LogP contribution is -2.24. The molecular formula is C19H36O2. The number of hydrogen-bond acceptors (Lipinski definition) is 2. The number of unbranched alkanes of at least 4 members (excludes halogenated alkanes) is 3. The smallest absolute Gasteiger partial charge is 0.136 e. The number of carbonyl (C=O) groups is 1. The third-order valence-corrected chi connectivity index (χ3v) is 5.13. The van der Waals surface area contributed by atoms with Crippen molar-refractivity contribution in [3.63, 3.8) is 0 Å². The molecule has 1 aliphatic carbocycles. The number of ether oxygens (including phenoxy) is 1. The van der Waals surface area contributed by atoms with Crippen LogP contribution < -0.4 is 0 Å². The van der Waals surface area contributed by atoms with Crippen LogP contribution in [0.3, 0.4) is 0 Å². The lowest BCUT2D eigenvalue weighted by atomic mass is 9.83. The van der Waals surface area contributed by atoms with Crippen molar-refractivity contribution in [2.45, 2.75) is 78.6 Å². The van der Waals surface area contributed by atoms with E-state index in [1.54, 1.807) is 7.11 Å². The molecule has 3 unspecified atom stereocenters. The highest BCUT2D eigenvalue weighted by atomic mass is 16.5. The van der Waals surface area contributed by atoms with Gasteiger partial charge >= 0.3 is 0 Å². The average molecular weight is 296 g/mol. The van der Waals surface area contributed by atoms with Gasteiger partial charge in [-0.05, 0) is 43.4 Å². The zero-order valence-corrected chi connectivity index (χ0v) is 14.7. The monoisotopic (exact) mass is 296 g/mol. The summed E-state index contributed by atoms with van der Waals surface area (Å²) in [5.74, 6) is 2.82. The van der Waals surface area contributed by atoms with Crippen LogP contribution in [0.5, 0.6) is 0 Å². The second kappa shape index (κ2) is 10.4. The Hall–Kier alpha value is -0.370. The summed E-state index contributed by atoms with van der Waals surface area (Å²) in [5.41, 5.74) is 0. The fourth-order valence-corrected chi connectivity index (χ4v) is 3.85. The first-order chi connectivity index (χ1) is 10.1. The molecule has 0 spiro atoms. The Morgan fingerprint density at radius 1 is 1.14 bits per heavy atom. The Labute approximate surface area is 132 Å². The summed E-state index contributed by atoms with van der Waals surface area (Å²) in [6.07, 6.45) is 10.6. The quantitative estimate of drug-likeness (QED) is 0.487. The third kappa shape index (κ3) is 6.95. The highest BCUT2D eigenvalue weighted by Gasteiger charge is 2.37. The van der Waals surface area contributed by atoms with Crippen molar-refractivity contribution in [1.82, 2.24) is 0 Å². The van der Waals surface area contributed by atoms with E-state index in [2.05, 4.69) is 20.8 Å². The lowest BCUT2D eigenvalue weighted by molar-refractivity contribution is -0.125. The molecule has 1 aliphatic rings. The normalized spacial score (nSPS) is 25.7. The number of rotatable bonds is 11. The first kappa shape index (κ1) is 18.7. The summed E-state index contributed by atoms with van der Waals surface area (Å²) >= 11 is 0. The number of ketones is 1. The number of hydrogen-bond donors (Lipinski definition) is 0. The molecule has 1 rings (SSSR count). The zero-order valence-electron chi connectivity index (χ0n) is 14.7. The van der Waals surface area contributed by atoms with Gasteiger partial charge in [-0.25, -0.2) is 0 Å². The van der Waals surface area contributed by atoms with Crippen molar-refractivity contribution < 1.29 is 9.53 Å². The summed E-state index contributed by atoms with van der Waals surface area (Å²) in [6, 6.07) is 0. The van der Waals surface area contributed by atoms with Gasteiger partial charge in [0.15, 0.2) is 0 Å². The number of Topliss-reactive ketones (excluding diaryl/α,β-unsaturated/α-hetero) is 1. The van der Waals surface area contributed by atoms with Crippen LogP contribution in [0, 0.1) is 23.7 Å². The summed E-state index contributed by atoms with van der Waals surface area (Å²) < 4.78 is 5.20. The van der Waals surface area contributed by atoms with Gasteiger partial charge in [-0.3, -0.25) is 4.79 Å². The molecule has 0 aromatic heterocycles. The average Bonchev–Trinajstić information content (AvgIpc) is 2.81. The number of carbonyl (C=O) groups excluding carboxylic acids is 1. The standard InChI is InChI=1S/C19H36O2/c1-15(2)9-7-5-6-8-10-18(20)19-16(3)11-12-17(19)13-14-21-4/h15-17,19H,5-14H2,1-4H3. The Balaban J connectivity index is 2.22. The van der Waals surface area contributed by atoms with Gasteiger partial charge in [0.1, 0.15) is 5.78 Å². The van der Waals surface area contributed by atoms with Gasteiger partial charge in [0.05, 0.1) is 0 Å². The Kier molecular flexibility index (Phi) is 9.23. The van der Waals surface area contributed by atoms with Crippen LogP contribution in [0.4, 0.5) is 0 Å². The van der Waals surface area contributed by atoms with Crippen LogP contribution >= 0.6 is 0 Å². The van der Waals surface area contributed by atoms with Crippen LogP contribution in [-0.4, -0.2) is 19.5 Å². The highest BCUT2D eigenvalue weighted by Crippen LogP contribution is 2.40. The molecular weight excluding hydrogens is 260 g/mol. The summed E-state index contributed by atoms with van der Waals surface area (Å²) in [6.45, 7) is 7.63. The highest BCUT2D eigenvalue weighted by molar-refractivity contribution is 5.81. The fraction of sp³-hybridized carbons (Fsp3) is 0.947. The van der Waals surface area contributed by atoms with Crippen molar-refractivity contribution >= 4 is 5.78 Å². The molecule has 124 valence electrons. The Morgan fingerprint density at radius 2 is 1.86 bits per heavy atom. The van der Waals surface area contributed by atoms with Gasteiger partial charge in [0, 0.05) is 26.1 Å². The maximum atomic E-state index is 12.5. The van der Waals surface area contributed by atoms with Gasteiger partial charge in [0.2, 0.25) is 0 Å². The van der Waals surface area contributed by atoms with E-state index in [9.17, 15) is 4.79 Å². The second-order valence-electron chi connectivity index (χ2n) is 7.44. The van der Waals surface area contributed by atoms with Crippen molar-refractivity contribution in [1.29, 1.82) is 0 Å². The van der Waals surface area contributed by atoms with E-state index in [1.165, 1.54) is 38.5 Å². The molecule has 0 bridgehead atoms. The molecule has 0 aromatic carbocycles. The minimum Gasteiger partial charge on any atom is -0.385 e. The molecule has 3 atom stereocenters. The van der Waals surface area contributed by atoms with Crippen LogP contribution in [0.1, 0.15) is 78.6 Å². The molecule has 0 aliphatic heterocycles. The number of methoxy groups -OCH3 is 1. The molecule has 1 fully saturated rings. The Bertz CT molecular complexity index is 285. The summed E-state index contributed by atoms with van der Waals surface area (Å²) in [4.78, 5) is 12.5. The molecule has 1 saturated carbocycles. The SMILES string of the molecule is COCCC1CCC(C)C1C(=O)CCCCCCC(C)C. The van der Waals surface area contributed by atoms with Crippen molar-refractivity contribution in [3.05, 3.63) is 0 Å². The van der Waals surface area contributed by atoms with Crippen LogP contribution in [0.2, 0.25) is 0 Å². The molecule has 2 heteroatoms. The summed E-state index contributed by atoms with van der Waals surface area (Å²) in [5, 5.41) is 0. The Morgan fingerprint density at radius 3 is 2.52 bits per heavy atom. The maximum Gasteiger partial charge on any atom is 0.136 e.